The second-order valence-corrected chi connectivity index (χ2v) is 6.09. The van der Waals surface area contributed by atoms with E-state index in [0.717, 1.165) is 38.6 Å². The Morgan fingerprint density at radius 1 is 1.08 bits per heavy atom. The van der Waals surface area contributed by atoms with Crippen LogP contribution in [0.15, 0.2) is 24.3 Å². The maximum absolute atomic E-state index is 11.7. The summed E-state index contributed by atoms with van der Waals surface area (Å²) in [5, 5.41) is 8.77. The molecule has 0 aliphatic rings. The fraction of sp³-hybridized carbons (Fsp3) is 0.524. The molecule has 1 aromatic rings. The van der Waals surface area contributed by atoms with E-state index in [-0.39, 0.29) is 18.5 Å². The number of hydrogen-bond donors (Lipinski definition) is 1. The minimum absolute atomic E-state index is 0.0798. The van der Waals surface area contributed by atoms with Gasteiger partial charge in [-0.05, 0) is 31.4 Å². The molecular weight excluding hydrogens is 330 g/mol. The molecule has 1 aromatic carbocycles. The van der Waals surface area contributed by atoms with Gasteiger partial charge in [-0.1, -0.05) is 36.8 Å². The summed E-state index contributed by atoms with van der Waals surface area (Å²) >= 11 is 0. The number of aliphatic hydroxyl groups excluding tert-OH is 1. The zero-order valence-electron chi connectivity index (χ0n) is 15.8. The lowest BCUT2D eigenvalue weighted by molar-refractivity contribution is -0.129. The van der Waals surface area contributed by atoms with E-state index in [1.807, 2.05) is 11.0 Å². The Kier molecular flexibility index (Phi) is 10.8. The Labute approximate surface area is 156 Å². The molecule has 1 N–H and O–H groups in total. The molecular formula is C21H29NO4. The molecule has 0 aromatic heterocycles. The minimum Gasteiger partial charge on any atom is -0.465 e. The molecule has 0 spiro atoms. The van der Waals surface area contributed by atoms with E-state index in [1.165, 1.54) is 7.11 Å². The number of hydrogen-bond acceptors (Lipinski definition) is 4. The number of ether oxygens (including phenoxy) is 1. The van der Waals surface area contributed by atoms with Crippen molar-refractivity contribution in [3.8, 4) is 11.8 Å². The van der Waals surface area contributed by atoms with Gasteiger partial charge in [0.2, 0.25) is 5.91 Å². The first kappa shape index (κ1) is 21.7. The molecule has 0 aliphatic heterocycles. The molecule has 1 rings (SSSR count). The van der Waals surface area contributed by atoms with Crippen molar-refractivity contribution in [2.75, 3.05) is 26.8 Å². The van der Waals surface area contributed by atoms with Gasteiger partial charge in [0.05, 0.1) is 12.7 Å². The van der Waals surface area contributed by atoms with Gasteiger partial charge in [-0.3, -0.25) is 4.79 Å². The third-order valence-corrected chi connectivity index (χ3v) is 4.07. The standard InChI is InChI=1S/C21H29NO4/c1-18(24)22(15-9-3-4-11-17-23)16-10-5-6-12-19-13-7-8-14-20(19)21(25)26-2/h7-8,13-14,23H,3-5,9-11,15-17H2,1-2H3. The van der Waals surface area contributed by atoms with Crippen molar-refractivity contribution in [2.24, 2.45) is 0 Å². The van der Waals surface area contributed by atoms with Gasteiger partial charge < -0.3 is 14.7 Å². The Bertz CT molecular complexity index is 630. The Morgan fingerprint density at radius 3 is 2.46 bits per heavy atom. The molecule has 0 atom stereocenters. The number of methoxy groups -OCH3 is 1. The molecule has 0 bridgehead atoms. The molecule has 0 heterocycles. The van der Waals surface area contributed by atoms with Crippen molar-refractivity contribution in [1.82, 2.24) is 4.90 Å². The number of carbonyl (C=O) groups excluding carboxylic acids is 2. The Hall–Kier alpha value is -2.32. The minimum atomic E-state index is -0.390. The number of unbranched alkanes of at least 4 members (excludes halogenated alkanes) is 4. The predicted octanol–water partition coefficient (Wildman–Crippen LogP) is 3.01. The average Bonchev–Trinajstić information content (AvgIpc) is 2.65. The number of aliphatic hydroxyl groups is 1. The number of benzene rings is 1. The number of carbonyl (C=O) groups is 2. The highest BCUT2D eigenvalue weighted by Gasteiger charge is 2.09. The van der Waals surface area contributed by atoms with Crippen LogP contribution >= 0.6 is 0 Å². The van der Waals surface area contributed by atoms with Crippen LogP contribution in [-0.4, -0.2) is 48.7 Å². The molecule has 142 valence electrons. The molecule has 5 heteroatoms. The number of nitrogens with zero attached hydrogens (tertiary/aromatic N) is 1. The second-order valence-electron chi connectivity index (χ2n) is 6.09. The number of rotatable bonds is 10. The molecule has 0 radical (unpaired) electrons. The van der Waals surface area contributed by atoms with Crippen LogP contribution < -0.4 is 0 Å². The third kappa shape index (κ3) is 8.17. The molecule has 0 saturated heterocycles. The Morgan fingerprint density at radius 2 is 1.77 bits per heavy atom. The quantitative estimate of drug-likeness (QED) is 0.396. The smallest absolute Gasteiger partial charge is 0.339 e. The van der Waals surface area contributed by atoms with Crippen LogP contribution in [0.4, 0.5) is 0 Å². The monoisotopic (exact) mass is 359 g/mol. The van der Waals surface area contributed by atoms with Gasteiger partial charge in [0.1, 0.15) is 0 Å². The van der Waals surface area contributed by atoms with Crippen LogP contribution in [0.2, 0.25) is 0 Å². The van der Waals surface area contributed by atoms with Crippen LogP contribution in [0.1, 0.15) is 61.4 Å². The van der Waals surface area contributed by atoms with Gasteiger partial charge in [0, 0.05) is 38.6 Å². The van der Waals surface area contributed by atoms with Crippen LogP contribution in [0.5, 0.6) is 0 Å². The number of esters is 1. The van der Waals surface area contributed by atoms with Gasteiger partial charge in [-0.25, -0.2) is 4.79 Å². The van der Waals surface area contributed by atoms with E-state index in [0.29, 0.717) is 24.1 Å². The zero-order chi connectivity index (χ0) is 19.2. The van der Waals surface area contributed by atoms with Crippen LogP contribution in [0.3, 0.4) is 0 Å². The summed E-state index contributed by atoms with van der Waals surface area (Å²) in [6.07, 6.45) is 5.25. The van der Waals surface area contributed by atoms with E-state index in [1.54, 1.807) is 25.1 Å². The first-order valence-electron chi connectivity index (χ1n) is 9.12. The summed E-state index contributed by atoms with van der Waals surface area (Å²) in [5.74, 6) is 5.79. The van der Waals surface area contributed by atoms with Crippen molar-refractivity contribution in [1.29, 1.82) is 0 Å². The van der Waals surface area contributed by atoms with E-state index in [9.17, 15) is 9.59 Å². The average molecular weight is 359 g/mol. The third-order valence-electron chi connectivity index (χ3n) is 4.07. The fourth-order valence-corrected chi connectivity index (χ4v) is 2.59. The van der Waals surface area contributed by atoms with Crippen molar-refractivity contribution in [3.63, 3.8) is 0 Å². The first-order chi connectivity index (χ1) is 12.6. The van der Waals surface area contributed by atoms with Crippen LogP contribution in [-0.2, 0) is 9.53 Å². The van der Waals surface area contributed by atoms with E-state index < -0.39 is 0 Å². The summed E-state index contributed by atoms with van der Waals surface area (Å²) in [6, 6.07) is 7.12. The highest BCUT2D eigenvalue weighted by atomic mass is 16.5. The summed E-state index contributed by atoms with van der Waals surface area (Å²) in [6.45, 7) is 3.25. The van der Waals surface area contributed by atoms with Gasteiger partial charge in [-0.15, -0.1) is 0 Å². The van der Waals surface area contributed by atoms with Crippen LogP contribution in [0.25, 0.3) is 0 Å². The molecule has 0 unspecified atom stereocenters. The fourth-order valence-electron chi connectivity index (χ4n) is 2.59. The van der Waals surface area contributed by atoms with Gasteiger partial charge in [0.25, 0.3) is 0 Å². The predicted molar refractivity (Wildman–Crippen MR) is 102 cm³/mol. The second kappa shape index (κ2) is 13.0. The lowest BCUT2D eigenvalue weighted by atomic mass is 10.1. The lowest BCUT2D eigenvalue weighted by Gasteiger charge is -2.20. The van der Waals surface area contributed by atoms with Crippen molar-refractivity contribution in [3.05, 3.63) is 35.4 Å². The molecule has 0 fully saturated rings. The molecule has 0 saturated carbocycles. The van der Waals surface area contributed by atoms with Crippen molar-refractivity contribution in [2.45, 2.75) is 45.4 Å². The van der Waals surface area contributed by atoms with Gasteiger partial charge >= 0.3 is 5.97 Å². The maximum atomic E-state index is 11.7. The van der Waals surface area contributed by atoms with E-state index >= 15 is 0 Å². The van der Waals surface area contributed by atoms with E-state index in [4.69, 9.17) is 9.84 Å². The maximum Gasteiger partial charge on any atom is 0.339 e. The molecule has 0 aliphatic carbocycles. The highest BCUT2D eigenvalue weighted by molar-refractivity contribution is 5.92. The molecule has 26 heavy (non-hydrogen) atoms. The number of amides is 1. The largest absolute Gasteiger partial charge is 0.465 e. The van der Waals surface area contributed by atoms with E-state index in [2.05, 4.69) is 11.8 Å². The van der Waals surface area contributed by atoms with Crippen molar-refractivity contribution < 1.29 is 19.4 Å². The molecule has 1 amide bonds. The summed E-state index contributed by atoms with van der Waals surface area (Å²) in [7, 11) is 1.35. The summed E-state index contributed by atoms with van der Waals surface area (Å²) in [4.78, 5) is 25.3. The van der Waals surface area contributed by atoms with Crippen molar-refractivity contribution >= 4 is 11.9 Å². The molecule has 5 nitrogen and oxygen atoms in total. The summed E-state index contributed by atoms with van der Waals surface area (Å²) in [5.41, 5.74) is 1.13. The topological polar surface area (TPSA) is 66.8 Å². The Balaban J connectivity index is 2.44. The zero-order valence-corrected chi connectivity index (χ0v) is 15.8. The normalized spacial score (nSPS) is 9.96. The lowest BCUT2D eigenvalue weighted by Crippen LogP contribution is -2.30. The SMILES string of the molecule is COC(=O)c1ccccc1C#CCCCN(CCCCCCO)C(C)=O. The highest BCUT2D eigenvalue weighted by Crippen LogP contribution is 2.09. The van der Waals surface area contributed by atoms with Gasteiger partial charge in [0.15, 0.2) is 0 Å². The van der Waals surface area contributed by atoms with Crippen LogP contribution in [0, 0.1) is 11.8 Å². The van der Waals surface area contributed by atoms with Gasteiger partial charge in [-0.2, -0.15) is 0 Å². The first-order valence-corrected chi connectivity index (χ1v) is 9.12. The summed E-state index contributed by atoms with van der Waals surface area (Å²) < 4.78 is 4.76.